The number of hydrogen-bond donors (Lipinski definition) is 1. The molecule has 0 atom stereocenters. The SMILES string of the molecule is CC1=C(/C=C/C(C)=C/C=C/C(C)=C\C(=O)NCc2ccccc2)C(C)(C)CC=C1c1cncnc1. The van der Waals surface area contributed by atoms with E-state index in [-0.39, 0.29) is 11.3 Å². The number of rotatable bonds is 8. The third-order valence-corrected chi connectivity index (χ3v) is 6.12. The highest BCUT2D eigenvalue weighted by atomic mass is 16.1. The predicted molar refractivity (Wildman–Crippen MR) is 145 cm³/mol. The van der Waals surface area contributed by atoms with Crippen LogP contribution < -0.4 is 5.32 Å². The molecule has 1 aromatic heterocycles. The number of hydrogen-bond acceptors (Lipinski definition) is 3. The number of aromatic nitrogens is 2. The predicted octanol–water partition coefficient (Wildman–Crippen LogP) is 6.93. The Morgan fingerprint density at radius 3 is 2.49 bits per heavy atom. The molecule has 0 spiro atoms. The van der Waals surface area contributed by atoms with E-state index in [1.54, 1.807) is 12.4 Å². The number of carbonyl (C=O) groups is 1. The summed E-state index contributed by atoms with van der Waals surface area (Å²) in [6.45, 7) is 11.3. The minimum absolute atomic E-state index is 0.0578. The van der Waals surface area contributed by atoms with Crippen LogP contribution in [0.15, 0.2) is 114 Å². The number of amides is 1. The molecule has 2 aromatic rings. The van der Waals surface area contributed by atoms with Crippen molar-refractivity contribution in [3.8, 4) is 0 Å². The van der Waals surface area contributed by atoms with Crippen molar-refractivity contribution in [2.75, 3.05) is 0 Å². The van der Waals surface area contributed by atoms with Crippen LogP contribution in [0.2, 0.25) is 0 Å². The van der Waals surface area contributed by atoms with Crippen molar-refractivity contribution in [3.05, 3.63) is 125 Å². The van der Waals surface area contributed by atoms with Crippen molar-refractivity contribution in [1.82, 2.24) is 15.3 Å². The van der Waals surface area contributed by atoms with Crippen molar-refractivity contribution < 1.29 is 4.79 Å². The Bertz CT molecular complexity index is 1210. The molecule has 4 heteroatoms. The highest BCUT2D eigenvalue weighted by Gasteiger charge is 2.27. The number of allylic oxidation sites excluding steroid dienone is 11. The average molecular weight is 466 g/mol. The zero-order valence-electron chi connectivity index (χ0n) is 21.4. The zero-order valence-corrected chi connectivity index (χ0v) is 21.4. The summed E-state index contributed by atoms with van der Waals surface area (Å²) >= 11 is 0. The minimum Gasteiger partial charge on any atom is -0.348 e. The molecule has 0 fully saturated rings. The second-order valence-corrected chi connectivity index (χ2v) is 9.57. The lowest BCUT2D eigenvalue weighted by Crippen LogP contribution is -2.20. The fourth-order valence-electron chi connectivity index (χ4n) is 4.11. The second-order valence-electron chi connectivity index (χ2n) is 9.57. The second kappa shape index (κ2) is 12.1. The summed E-state index contributed by atoms with van der Waals surface area (Å²) in [5, 5.41) is 2.92. The van der Waals surface area contributed by atoms with Gasteiger partial charge in [-0.25, -0.2) is 9.97 Å². The van der Waals surface area contributed by atoms with Gasteiger partial charge in [0.1, 0.15) is 6.33 Å². The molecule has 1 aliphatic rings. The van der Waals surface area contributed by atoms with Gasteiger partial charge in [0.05, 0.1) is 0 Å². The van der Waals surface area contributed by atoms with E-state index in [0.29, 0.717) is 6.54 Å². The van der Waals surface area contributed by atoms with Crippen LogP contribution in [0, 0.1) is 5.41 Å². The van der Waals surface area contributed by atoms with E-state index in [1.807, 2.05) is 61.8 Å². The first-order valence-corrected chi connectivity index (χ1v) is 12.0. The van der Waals surface area contributed by atoms with Crippen molar-refractivity contribution >= 4 is 11.5 Å². The van der Waals surface area contributed by atoms with Gasteiger partial charge in [0.15, 0.2) is 0 Å². The van der Waals surface area contributed by atoms with Crippen LogP contribution in [0.25, 0.3) is 5.57 Å². The molecular weight excluding hydrogens is 430 g/mol. The van der Waals surface area contributed by atoms with Crippen LogP contribution >= 0.6 is 0 Å². The number of benzene rings is 1. The summed E-state index contributed by atoms with van der Waals surface area (Å²) in [4.78, 5) is 20.5. The summed E-state index contributed by atoms with van der Waals surface area (Å²) in [5.74, 6) is -0.0915. The first kappa shape index (κ1) is 25.8. The van der Waals surface area contributed by atoms with Gasteiger partial charge >= 0.3 is 0 Å². The van der Waals surface area contributed by atoms with Gasteiger partial charge in [-0.3, -0.25) is 4.79 Å². The molecule has 4 nitrogen and oxygen atoms in total. The normalized spacial score (nSPS) is 16.7. The first-order valence-electron chi connectivity index (χ1n) is 12.0. The molecule has 1 N–H and O–H groups in total. The van der Waals surface area contributed by atoms with E-state index in [1.165, 1.54) is 16.7 Å². The zero-order chi connectivity index (χ0) is 25.3. The molecule has 0 saturated carbocycles. The van der Waals surface area contributed by atoms with Crippen molar-refractivity contribution in [1.29, 1.82) is 0 Å². The van der Waals surface area contributed by atoms with Gasteiger partial charge in [-0.1, -0.05) is 86.2 Å². The maximum Gasteiger partial charge on any atom is 0.244 e. The van der Waals surface area contributed by atoms with Gasteiger partial charge in [-0.15, -0.1) is 0 Å². The van der Waals surface area contributed by atoms with Gasteiger partial charge in [0.25, 0.3) is 0 Å². The third kappa shape index (κ3) is 7.61. The Kier molecular flexibility index (Phi) is 8.91. The molecule has 0 aliphatic heterocycles. The lowest BCUT2D eigenvalue weighted by atomic mass is 9.72. The standard InChI is InChI=1S/C31H35N3O/c1-23(10-9-11-24(2)18-30(35)34-19-26-12-7-6-8-13-26)14-15-29-25(3)28(16-17-31(29,4)5)27-20-32-22-33-21-27/h6-16,18,20-22H,17,19H2,1-5H3,(H,34,35)/b11-9+,15-14+,23-10+,24-18-. The lowest BCUT2D eigenvalue weighted by Gasteiger charge is -2.32. The van der Waals surface area contributed by atoms with Crippen LogP contribution in [0.5, 0.6) is 0 Å². The summed E-state index contributed by atoms with van der Waals surface area (Å²) in [6.07, 6.45) is 20.6. The Hall–Kier alpha value is -3.79. The van der Waals surface area contributed by atoms with E-state index in [9.17, 15) is 4.79 Å². The molecule has 1 heterocycles. The van der Waals surface area contributed by atoms with Crippen LogP contribution in [0.1, 0.15) is 52.2 Å². The summed E-state index contributed by atoms with van der Waals surface area (Å²) in [6, 6.07) is 9.90. The summed E-state index contributed by atoms with van der Waals surface area (Å²) in [7, 11) is 0. The molecule has 0 unspecified atom stereocenters. The van der Waals surface area contributed by atoms with Crippen LogP contribution in [-0.4, -0.2) is 15.9 Å². The van der Waals surface area contributed by atoms with Crippen LogP contribution in [-0.2, 0) is 11.3 Å². The van der Waals surface area contributed by atoms with Gasteiger partial charge < -0.3 is 5.32 Å². The van der Waals surface area contributed by atoms with E-state index in [2.05, 4.69) is 67.3 Å². The van der Waals surface area contributed by atoms with Gasteiger partial charge in [-0.05, 0) is 60.5 Å². The number of nitrogens with one attached hydrogen (secondary N) is 1. The molecule has 3 rings (SSSR count). The van der Waals surface area contributed by atoms with E-state index in [4.69, 9.17) is 0 Å². The molecule has 0 radical (unpaired) electrons. The maximum atomic E-state index is 12.2. The number of carbonyl (C=O) groups excluding carboxylic acids is 1. The van der Waals surface area contributed by atoms with Crippen LogP contribution in [0.3, 0.4) is 0 Å². The van der Waals surface area contributed by atoms with E-state index < -0.39 is 0 Å². The fraction of sp³-hybridized carbons (Fsp3) is 0.258. The molecule has 35 heavy (non-hydrogen) atoms. The van der Waals surface area contributed by atoms with Gasteiger partial charge in [0, 0.05) is 30.6 Å². The van der Waals surface area contributed by atoms with Gasteiger partial charge in [-0.2, -0.15) is 0 Å². The van der Waals surface area contributed by atoms with Crippen molar-refractivity contribution in [2.45, 2.75) is 47.6 Å². The first-order chi connectivity index (χ1) is 16.8. The summed E-state index contributed by atoms with van der Waals surface area (Å²) in [5.41, 5.74) is 8.02. The quantitative estimate of drug-likeness (QED) is 0.340. The summed E-state index contributed by atoms with van der Waals surface area (Å²) < 4.78 is 0. The fourth-order valence-corrected chi connectivity index (χ4v) is 4.11. The highest BCUT2D eigenvalue weighted by molar-refractivity contribution is 5.88. The van der Waals surface area contributed by atoms with Gasteiger partial charge in [0.2, 0.25) is 5.91 Å². The van der Waals surface area contributed by atoms with Crippen molar-refractivity contribution in [2.24, 2.45) is 5.41 Å². The highest BCUT2D eigenvalue weighted by Crippen LogP contribution is 2.43. The Morgan fingerprint density at radius 2 is 1.77 bits per heavy atom. The van der Waals surface area contributed by atoms with E-state index in [0.717, 1.165) is 28.7 Å². The average Bonchev–Trinajstić information content (AvgIpc) is 2.83. The topological polar surface area (TPSA) is 54.9 Å². The maximum absolute atomic E-state index is 12.2. The van der Waals surface area contributed by atoms with E-state index >= 15 is 0 Å². The smallest absolute Gasteiger partial charge is 0.244 e. The Morgan fingerprint density at radius 1 is 1.06 bits per heavy atom. The van der Waals surface area contributed by atoms with Crippen LogP contribution in [0.4, 0.5) is 0 Å². The molecule has 1 aromatic carbocycles. The molecule has 0 saturated heterocycles. The lowest BCUT2D eigenvalue weighted by molar-refractivity contribution is -0.116. The van der Waals surface area contributed by atoms with Crippen molar-refractivity contribution in [3.63, 3.8) is 0 Å². The largest absolute Gasteiger partial charge is 0.348 e. The molecule has 1 aliphatic carbocycles. The minimum atomic E-state index is -0.0915. The monoisotopic (exact) mass is 465 g/mol. The Labute approximate surface area is 209 Å². The molecular formula is C31H35N3O. The molecule has 0 bridgehead atoms. The molecule has 180 valence electrons. The molecule has 1 amide bonds. The Balaban J connectivity index is 1.64. The third-order valence-electron chi connectivity index (χ3n) is 6.12. The number of nitrogens with zero attached hydrogens (tertiary/aromatic N) is 2.